The first-order chi connectivity index (χ1) is 16.6. The van der Waals surface area contributed by atoms with Crippen molar-refractivity contribution in [3.8, 4) is 5.75 Å². The number of amides is 1. The van der Waals surface area contributed by atoms with Crippen LogP contribution in [0.25, 0.3) is 0 Å². The zero-order valence-corrected chi connectivity index (χ0v) is 19.5. The molecule has 4 rings (SSSR count). The molecule has 0 radical (unpaired) electrons. The predicted molar refractivity (Wildman–Crippen MR) is 129 cm³/mol. The van der Waals surface area contributed by atoms with Crippen molar-refractivity contribution in [1.82, 2.24) is 15.0 Å². The number of ether oxygens (including phenoxy) is 2. The standard InChI is InChI=1S/C26H30N4O4/c1-19(7-5-6-15-29-17-21(14-16-31)27-28-29)26(33-2)20-10-12-22(13-11-20)30-23-8-3-4-9-24(23)34-18-25(30)32/h3-5,7-13,17,19,26,31H,6,14-16,18H2,1-2H3/b7-5+/t19-,26+/m1/s1. The van der Waals surface area contributed by atoms with Gasteiger partial charge in [-0.1, -0.05) is 48.6 Å². The summed E-state index contributed by atoms with van der Waals surface area (Å²) in [6.45, 7) is 2.95. The molecule has 0 saturated carbocycles. The van der Waals surface area contributed by atoms with E-state index in [0.717, 1.165) is 35.6 Å². The molecule has 2 atom stereocenters. The Balaban J connectivity index is 1.39. The third-order valence-electron chi connectivity index (χ3n) is 5.84. The number of methoxy groups -OCH3 is 1. The fraction of sp³-hybridized carbons (Fsp3) is 0.346. The molecule has 1 aromatic heterocycles. The highest BCUT2D eigenvalue weighted by atomic mass is 16.5. The highest BCUT2D eigenvalue weighted by Gasteiger charge is 2.27. The number of hydrogen-bond acceptors (Lipinski definition) is 6. The Labute approximate surface area is 199 Å². The molecule has 0 saturated heterocycles. The normalized spacial score (nSPS) is 15.3. The molecule has 0 fully saturated rings. The zero-order chi connectivity index (χ0) is 23.9. The van der Waals surface area contributed by atoms with Crippen molar-refractivity contribution in [3.05, 3.63) is 78.1 Å². The monoisotopic (exact) mass is 462 g/mol. The topological polar surface area (TPSA) is 89.7 Å². The summed E-state index contributed by atoms with van der Waals surface area (Å²) in [4.78, 5) is 14.3. The van der Waals surface area contributed by atoms with E-state index < -0.39 is 0 Å². The van der Waals surface area contributed by atoms with Gasteiger partial charge in [0.25, 0.3) is 5.91 Å². The van der Waals surface area contributed by atoms with Crippen LogP contribution in [-0.2, 0) is 22.5 Å². The summed E-state index contributed by atoms with van der Waals surface area (Å²) < 4.78 is 13.1. The van der Waals surface area contributed by atoms with Gasteiger partial charge >= 0.3 is 0 Å². The average Bonchev–Trinajstić information content (AvgIpc) is 3.30. The summed E-state index contributed by atoms with van der Waals surface area (Å²) >= 11 is 0. The molecule has 178 valence electrons. The summed E-state index contributed by atoms with van der Waals surface area (Å²) in [7, 11) is 1.71. The molecule has 8 nitrogen and oxygen atoms in total. The molecule has 0 aliphatic carbocycles. The van der Waals surface area contributed by atoms with Gasteiger partial charge in [-0.3, -0.25) is 14.4 Å². The third-order valence-corrected chi connectivity index (χ3v) is 5.84. The van der Waals surface area contributed by atoms with Crippen LogP contribution >= 0.6 is 0 Å². The minimum Gasteiger partial charge on any atom is -0.482 e. The molecule has 34 heavy (non-hydrogen) atoms. The maximum atomic E-state index is 12.6. The van der Waals surface area contributed by atoms with Crippen LogP contribution in [0.5, 0.6) is 5.75 Å². The Bertz CT molecular complexity index is 1130. The van der Waals surface area contributed by atoms with Crippen LogP contribution in [0.4, 0.5) is 11.4 Å². The van der Waals surface area contributed by atoms with Gasteiger partial charge in [-0.2, -0.15) is 0 Å². The van der Waals surface area contributed by atoms with Crippen molar-refractivity contribution < 1.29 is 19.4 Å². The van der Waals surface area contributed by atoms with Crippen molar-refractivity contribution in [3.63, 3.8) is 0 Å². The number of aryl methyl sites for hydroxylation is 1. The number of aromatic nitrogens is 3. The largest absolute Gasteiger partial charge is 0.482 e. The van der Waals surface area contributed by atoms with E-state index in [1.165, 1.54) is 0 Å². The van der Waals surface area contributed by atoms with Gasteiger partial charge in [-0.05, 0) is 36.2 Å². The number of carbonyl (C=O) groups is 1. The summed E-state index contributed by atoms with van der Waals surface area (Å²) in [5, 5.41) is 17.1. The maximum Gasteiger partial charge on any atom is 0.269 e. The molecular weight excluding hydrogens is 432 g/mol. The van der Waals surface area contributed by atoms with E-state index in [0.29, 0.717) is 12.2 Å². The second kappa shape index (κ2) is 11.1. The number of para-hydroxylation sites is 2. The van der Waals surface area contributed by atoms with E-state index in [1.807, 2.05) is 54.7 Å². The van der Waals surface area contributed by atoms with Crippen LogP contribution in [-0.4, -0.2) is 46.3 Å². The Morgan fingerprint density at radius 3 is 2.76 bits per heavy atom. The number of carbonyl (C=O) groups excluding carboxylic acids is 1. The van der Waals surface area contributed by atoms with Crippen molar-refractivity contribution in [2.45, 2.75) is 32.4 Å². The summed E-state index contributed by atoms with van der Waals surface area (Å²) in [6.07, 6.45) is 7.37. The van der Waals surface area contributed by atoms with Crippen LogP contribution in [0.15, 0.2) is 66.9 Å². The van der Waals surface area contributed by atoms with E-state index in [2.05, 4.69) is 29.4 Å². The van der Waals surface area contributed by atoms with Crippen LogP contribution < -0.4 is 9.64 Å². The number of hydrogen-bond donors (Lipinski definition) is 1. The average molecular weight is 463 g/mol. The van der Waals surface area contributed by atoms with Gasteiger partial charge in [-0.15, -0.1) is 5.10 Å². The van der Waals surface area contributed by atoms with Crippen LogP contribution in [0, 0.1) is 5.92 Å². The first kappa shape index (κ1) is 23.7. The molecule has 1 amide bonds. The molecule has 8 heteroatoms. The number of aliphatic hydroxyl groups is 1. The lowest BCUT2D eigenvalue weighted by molar-refractivity contribution is -0.120. The van der Waals surface area contributed by atoms with Gasteiger partial charge in [-0.25, -0.2) is 0 Å². The number of anilines is 2. The van der Waals surface area contributed by atoms with E-state index >= 15 is 0 Å². The first-order valence-electron chi connectivity index (χ1n) is 11.4. The summed E-state index contributed by atoms with van der Waals surface area (Å²) in [5.41, 5.74) is 3.39. The van der Waals surface area contributed by atoms with Gasteiger partial charge in [0.15, 0.2) is 6.61 Å². The highest BCUT2D eigenvalue weighted by Crippen LogP contribution is 2.37. The van der Waals surface area contributed by atoms with Crippen molar-refractivity contribution in [1.29, 1.82) is 0 Å². The van der Waals surface area contributed by atoms with E-state index in [4.69, 9.17) is 14.6 Å². The fourth-order valence-electron chi connectivity index (χ4n) is 4.15. The Hall–Kier alpha value is -3.49. The molecule has 2 heterocycles. The van der Waals surface area contributed by atoms with Gasteiger partial charge in [0.2, 0.25) is 0 Å². The fourth-order valence-corrected chi connectivity index (χ4v) is 4.15. The smallest absolute Gasteiger partial charge is 0.269 e. The van der Waals surface area contributed by atoms with Gasteiger partial charge in [0, 0.05) is 44.5 Å². The molecule has 1 aliphatic heterocycles. The van der Waals surface area contributed by atoms with Crippen LogP contribution in [0.3, 0.4) is 0 Å². The summed E-state index contributed by atoms with van der Waals surface area (Å²) in [6, 6.07) is 15.5. The van der Waals surface area contributed by atoms with E-state index in [9.17, 15) is 4.79 Å². The minimum atomic E-state index is -0.111. The van der Waals surface area contributed by atoms with E-state index in [1.54, 1.807) is 16.7 Å². The van der Waals surface area contributed by atoms with Crippen molar-refractivity contribution in [2.24, 2.45) is 5.92 Å². The quantitative estimate of drug-likeness (QED) is 0.461. The molecule has 1 N–H and O–H groups in total. The number of aliphatic hydroxyl groups excluding tert-OH is 1. The SMILES string of the molecule is CO[C@H](c1ccc(N2C(=O)COc3ccccc32)cc1)[C@H](C)/C=C/CCn1cc(CCO)nn1. The Morgan fingerprint density at radius 2 is 2.00 bits per heavy atom. The van der Waals surface area contributed by atoms with Crippen LogP contribution in [0.1, 0.15) is 30.7 Å². The maximum absolute atomic E-state index is 12.6. The van der Waals surface area contributed by atoms with Gasteiger partial charge in [0.05, 0.1) is 17.5 Å². The molecular formula is C26H30N4O4. The Morgan fingerprint density at radius 1 is 1.21 bits per heavy atom. The second-order valence-electron chi connectivity index (χ2n) is 8.26. The summed E-state index contributed by atoms with van der Waals surface area (Å²) in [5.74, 6) is 0.763. The molecule has 3 aromatic rings. The third kappa shape index (κ3) is 5.35. The number of fused-ring (bicyclic) bond motifs is 1. The lowest BCUT2D eigenvalue weighted by atomic mass is 9.96. The molecule has 0 spiro atoms. The highest BCUT2D eigenvalue weighted by molar-refractivity contribution is 6.04. The number of nitrogens with zero attached hydrogens (tertiary/aromatic N) is 4. The minimum absolute atomic E-state index is 0.0264. The second-order valence-corrected chi connectivity index (χ2v) is 8.26. The van der Waals surface area contributed by atoms with Gasteiger partial charge in [0.1, 0.15) is 5.75 Å². The Kier molecular flexibility index (Phi) is 7.72. The van der Waals surface area contributed by atoms with Crippen LogP contribution in [0.2, 0.25) is 0 Å². The van der Waals surface area contributed by atoms with Crippen molar-refractivity contribution >= 4 is 17.3 Å². The zero-order valence-electron chi connectivity index (χ0n) is 19.5. The predicted octanol–water partition coefficient (Wildman–Crippen LogP) is 3.84. The lowest BCUT2D eigenvalue weighted by Crippen LogP contribution is -2.35. The lowest BCUT2D eigenvalue weighted by Gasteiger charge is -2.29. The van der Waals surface area contributed by atoms with Gasteiger partial charge < -0.3 is 14.6 Å². The number of benzene rings is 2. The molecule has 0 unspecified atom stereocenters. The molecule has 2 aromatic carbocycles. The van der Waals surface area contributed by atoms with E-state index in [-0.39, 0.29) is 31.1 Å². The number of allylic oxidation sites excluding steroid dienone is 1. The molecule has 0 bridgehead atoms. The van der Waals surface area contributed by atoms with Crippen molar-refractivity contribution in [2.75, 3.05) is 25.2 Å². The first-order valence-corrected chi connectivity index (χ1v) is 11.4. The molecule has 1 aliphatic rings. The number of rotatable bonds is 10.